The van der Waals surface area contributed by atoms with E-state index in [-0.39, 0.29) is 36.8 Å². The third-order valence-corrected chi connectivity index (χ3v) is 12.0. The second kappa shape index (κ2) is 17.2. The molecule has 0 unspecified atom stereocenters. The Morgan fingerprint density at radius 3 is 1.31 bits per heavy atom. The number of hydrogen-bond donors (Lipinski definition) is 0. The van der Waals surface area contributed by atoms with Crippen LogP contribution in [0.4, 0.5) is 11.4 Å². The van der Waals surface area contributed by atoms with Gasteiger partial charge in [0.2, 0.25) is 11.8 Å². The normalized spacial score (nSPS) is 22.4. The van der Waals surface area contributed by atoms with Gasteiger partial charge in [-0.2, -0.15) is 0 Å². The van der Waals surface area contributed by atoms with Crippen molar-refractivity contribution in [2.24, 2.45) is 5.92 Å². The number of rotatable bonds is 8. The molecular formula is C48H51N3O4. The van der Waals surface area contributed by atoms with E-state index < -0.39 is 5.54 Å². The molecule has 5 aromatic rings. The fraction of sp³-hybridized carbons (Fsp3) is 0.333. The lowest BCUT2D eigenvalue weighted by atomic mass is 9.74. The molecule has 0 N–H and O–H groups in total. The van der Waals surface area contributed by atoms with Gasteiger partial charge in [-0.25, -0.2) is 0 Å². The van der Waals surface area contributed by atoms with Crippen molar-refractivity contribution in [3.05, 3.63) is 168 Å². The number of nitrogens with zero attached hydrogens (tertiary/aromatic N) is 3. The van der Waals surface area contributed by atoms with Gasteiger partial charge in [-0.15, -0.1) is 0 Å². The molecule has 55 heavy (non-hydrogen) atoms. The number of hydrogen-bond acceptors (Lipinski definition) is 5. The van der Waals surface area contributed by atoms with E-state index in [9.17, 15) is 9.59 Å². The zero-order valence-electron chi connectivity index (χ0n) is 31.5. The van der Waals surface area contributed by atoms with Crippen molar-refractivity contribution < 1.29 is 19.1 Å². The van der Waals surface area contributed by atoms with Crippen LogP contribution in [0, 0.1) is 5.92 Å². The standard InChI is InChI=1S/C33H32N2O2.C15H19NO2/c36-32-24-31(37-25-34(32)29-20-11-4-12-21-29)30-22-13-23-35(30)33(26-14-5-1-6-15-26,27-16-7-2-8-17-27)28-18-9-3-10-19-28;17-15-10-14(12-6-4-5-7-12)18-11-16(15)13-8-2-1-3-9-13/h1-12,14-21,30-31H,13,22-25H2;1-3,8-9,12,14H,4-7,10-11H2/t30-,31+;14-/m10/s1. The molecule has 3 heterocycles. The van der Waals surface area contributed by atoms with Gasteiger partial charge in [0.1, 0.15) is 13.5 Å². The van der Waals surface area contributed by atoms with Crippen LogP contribution in [-0.2, 0) is 24.6 Å². The summed E-state index contributed by atoms with van der Waals surface area (Å²) in [4.78, 5) is 31.7. The van der Waals surface area contributed by atoms with Gasteiger partial charge in [-0.1, -0.05) is 140 Å². The molecule has 3 saturated heterocycles. The quantitative estimate of drug-likeness (QED) is 0.149. The van der Waals surface area contributed by atoms with Crippen molar-refractivity contribution in [1.82, 2.24) is 4.90 Å². The number of benzene rings is 5. The molecule has 1 saturated carbocycles. The molecule has 282 valence electrons. The molecule has 3 atom stereocenters. The smallest absolute Gasteiger partial charge is 0.231 e. The minimum absolute atomic E-state index is 0.113. The molecule has 0 bridgehead atoms. The molecule has 7 nitrogen and oxygen atoms in total. The van der Waals surface area contributed by atoms with Gasteiger partial charge >= 0.3 is 0 Å². The van der Waals surface area contributed by atoms with E-state index in [0.29, 0.717) is 25.5 Å². The first-order valence-corrected chi connectivity index (χ1v) is 20.0. The number of carbonyl (C=O) groups is 2. The maximum Gasteiger partial charge on any atom is 0.231 e. The summed E-state index contributed by atoms with van der Waals surface area (Å²) < 4.78 is 12.4. The molecule has 4 aliphatic rings. The zero-order valence-corrected chi connectivity index (χ0v) is 31.5. The van der Waals surface area contributed by atoms with Crippen molar-refractivity contribution in [2.45, 2.75) is 75.2 Å². The summed E-state index contributed by atoms with van der Waals surface area (Å²) >= 11 is 0. The second-order valence-corrected chi connectivity index (χ2v) is 15.1. The summed E-state index contributed by atoms with van der Waals surface area (Å²) in [5.74, 6) is 0.926. The van der Waals surface area contributed by atoms with Gasteiger partial charge in [0.05, 0.1) is 30.6 Å². The minimum Gasteiger partial charge on any atom is -0.357 e. The molecule has 1 aliphatic carbocycles. The van der Waals surface area contributed by atoms with Crippen LogP contribution in [0.5, 0.6) is 0 Å². The summed E-state index contributed by atoms with van der Waals surface area (Å²) in [6, 6.07) is 52.1. The third-order valence-electron chi connectivity index (χ3n) is 12.0. The lowest BCUT2D eigenvalue weighted by Crippen LogP contribution is -2.57. The Kier molecular flexibility index (Phi) is 11.5. The Bertz CT molecular complexity index is 1880. The first-order valence-electron chi connectivity index (χ1n) is 20.0. The highest BCUT2D eigenvalue weighted by Crippen LogP contribution is 2.47. The molecule has 4 fully saturated rings. The molecule has 2 amide bonds. The lowest BCUT2D eigenvalue weighted by Gasteiger charge is -2.49. The highest BCUT2D eigenvalue weighted by molar-refractivity contribution is 5.94. The van der Waals surface area contributed by atoms with Gasteiger partial charge < -0.3 is 9.47 Å². The average Bonchev–Trinajstić information content (AvgIpc) is 3.98. The largest absolute Gasteiger partial charge is 0.357 e. The summed E-state index contributed by atoms with van der Waals surface area (Å²) in [6.07, 6.45) is 8.01. The first-order chi connectivity index (χ1) is 27.1. The monoisotopic (exact) mass is 733 g/mol. The van der Waals surface area contributed by atoms with E-state index >= 15 is 0 Å². The van der Waals surface area contributed by atoms with E-state index in [4.69, 9.17) is 9.47 Å². The highest BCUT2D eigenvalue weighted by Gasteiger charge is 2.50. The predicted molar refractivity (Wildman–Crippen MR) is 217 cm³/mol. The average molecular weight is 734 g/mol. The van der Waals surface area contributed by atoms with E-state index in [0.717, 1.165) is 30.8 Å². The van der Waals surface area contributed by atoms with Crippen LogP contribution >= 0.6 is 0 Å². The van der Waals surface area contributed by atoms with Crippen LogP contribution in [-0.4, -0.2) is 55.0 Å². The summed E-state index contributed by atoms with van der Waals surface area (Å²) in [5, 5.41) is 0. The molecule has 7 heteroatoms. The number of amides is 2. The molecule has 3 aliphatic heterocycles. The van der Waals surface area contributed by atoms with Gasteiger partial charge in [-0.05, 0) is 72.6 Å². The van der Waals surface area contributed by atoms with Crippen LogP contribution < -0.4 is 9.80 Å². The van der Waals surface area contributed by atoms with E-state index in [1.165, 1.54) is 42.4 Å². The SMILES string of the molecule is O=C1C[C@@H](C2CCCC2)OCN1c1ccccc1.O=C1C[C@@H]([C@H]2CCCN2C(c2ccccc2)(c2ccccc2)c2ccccc2)OCN1c1ccccc1. The molecular weight excluding hydrogens is 683 g/mol. The van der Waals surface area contributed by atoms with E-state index in [1.807, 2.05) is 60.7 Å². The zero-order chi connectivity index (χ0) is 37.5. The maximum atomic E-state index is 13.4. The van der Waals surface area contributed by atoms with Crippen molar-refractivity contribution >= 4 is 23.2 Å². The molecule has 9 rings (SSSR count). The summed E-state index contributed by atoms with van der Waals surface area (Å²) in [6.45, 7) is 1.62. The van der Waals surface area contributed by atoms with Crippen LogP contribution in [0.25, 0.3) is 0 Å². The Hall–Kier alpha value is -5.08. The Morgan fingerprint density at radius 2 is 0.873 bits per heavy atom. The van der Waals surface area contributed by atoms with Crippen LogP contribution in [0.1, 0.15) is 68.1 Å². The first kappa shape index (κ1) is 36.9. The maximum absolute atomic E-state index is 13.4. The lowest BCUT2D eigenvalue weighted by molar-refractivity contribution is -0.132. The Labute approximate surface area is 325 Å². The van der Waals surface area contributed by atoms with Gasteiger partial charge in [-0.3, -0.25) is 24.3 Å². The number of anilines is 2. The van der Waals surface area contributed by atoms with Crippen molar-refractivity contribution in [1.29, 1.82) is 0 Å². The molecule has 0 aromatic heterocycles. The highest BCUT2D eigenvalue weighted by atomic mass is 16.5. The minimum atomic E-state index is -0.492. The second-order valence-electron chi connectivity index (χ2n) is 15.1. The fourth-order valence-electron chi connectivity index (χ4n) is 9.33. The molecule has 5 aromatic carbocycles. The van der Waals surface area contributed by atoms with Crippen molar-refractivity contribution in [3.8, 4) is 0 Å². The van der Waals surface area contributed by atoms with Gasteiger partial charge in [0.25, 0.3) is 0 Å². The molecule has 0 radical (unpaired) electrons. The van der Waals surface area contributed by atoms with E-state index in [2.05, 4.69) is 95.9 Å². The summed E-state index contributed by atoms with van der Waals surface area (Å²) in [7, 11) is 0. The Balaban J connectivity index is 0.000000198. The topological polar surface area (TPSA) is 62.3 Å². The number of ether oxygens (including phenoxy) is 2. The van der Waals surface area contributed by atoms with Gasteiger partial charge in [0.15, 0.2) is 0 Å². The van der Waals surface area contributed by atoms with Crippen molar-refractivity contribution in [2.75, 3.05) is 29.8 Å². The Morgan fingerprint density at radius 1 is 0.473 bits per heavy atom. The fourth-order valence-corrected chi connectivity index (χ4v) is 9.33. The number of para-hydroxylation sites is 2. The third kappa shape index (κ3) is 7.75. The number of carbonyl (C=O) groups excluding carboxylic acids is 2. The number of likely N-dealkylation sites (tertiary alicyclic amines) is 1. The van der Waals surface area contributed by atoms with Crippen LogP contribution in [0.3, 0.4) is 0 Å². The van der Waals surface area contributed by atoms with Crippen LogP contribution in [0.2, 0.25) is 0 Å². The van der Waals surface area contributed by atoms with Crippen LogP contribution in [0.15, 0.2) is 152 Å². The van der Waals surface area contributed by atoms with Crippen molar-refractivity contribution in [3.63, 3.8) is 0 Å². The van der Waals surface area contributed by atoms with Gasteiger partial charge in [0, 0.05) is 24.0 Å². The van der Waals surface area contributed by atoms with E-state index in [1.54, 1.807) is 9.80 Å². The molecule has 0 spiro atoms. The predicted octanol–water partition coefficient (Wildman–Crippen LogP) is 9.18. The summed E-state index contributed by atoms with van der Waals surface area (Å²) in [5.41, 5.74) is 5.02.